The zero-order valence-corrected chi connectivity index (χ0v) is 10.3. The summed E-state index contributed by atoms with van der Waals surface area (Å²) in [5, 5.41) is 2.77. The Morgan fingerprint density at radius 3 is 3.16 bits per heavy atom. The van der Waals surface area contributed by atoms with Crippen molar-refractivity contribution >= 4 is 11.8 Å². The van der Waals surface area contributed by atoms with Crippen LogP contribution in [0.2, 0.25) is 0 Å². The number of pyridine rings is 1. The fourth-order valence-electron chi connectivity index (χ4n) is 2.91. The van der Waals surface area contributed by atoms with Crippen LogP contribution in [0.4, 0.5) is 4.39 Å². The molecule has 3 rings (SSSR count). The molecule has 0 radical (unpaired) electrons. The second kappa shape index (κ2) is 4.60. The number of hydrogen-bond acceptors (Lipinski definition) is 3. The van der Waals surface area contributed by atoms with Crippen LogP contribution in [0.1, 0.15) is 23.2 Å². The summed E-state index contributed by atoms with van der Waals surface area (Å²) in [7, 11) is 0. The summed E-state index contributed by atoms with van der Waals surface area (Å²) in [4.78, 5) is 29.3. The molecule has 1 aromatic rings. The van der Waals surface area contributed by atoms with Gasteiger partial charge in [0.15, 0.2) is 5.82 Å². The second-order valence-electron chi connectivity index (χ2n) is 4.92. The Kier molecular flexibility index (Phi) is 2.93. The first-order chi connectivity index (χ1) is 9.18. The molecule has 0 aromatic carbocycles. The topological polar surface area (TPSA) is 62.3 Å². The minimum atomic E-state index is -0.619. The number of nitrogens with zero attached hydrogens (tertiary/aromatic N) is 2. The van der Waals surface area contributed by atoms with Crippen molar-refractivity contribution in [2.45, 2.75) is 18.9 Å². The van der Waals surface area contributed by atoms with Gasteiger partial charge in [-0.05, 0) is 18.9 Å². The Bertz CT molecular complexity index is 534. The number of carbonyl (C=O) groups excluding carboxylic acids is 2. The maximum absolute atomic E-state index is 13.6. The zero-order valence-electron chi connectivity index (χ0n) is 10.3. The number of amides is 2. The van der Waals surface area contributed by atoms with Crippen LogP contribution in [0.3, 0.4) is 0 Å². The quantitative estimate of drug-likeness (QED) is 0.805. The van der Waals surface area contributed by atoms with E-state index in [2.05, 4.69) is 10.3 Å². The maximum atomic E-state index is 13.6. The highest BCUT2D eigenvalue weighted by molar-refractivity contribution is 5.95. The van der Waals surface area contributed by atoms with Crippen LogP contribution in [0, 0.1) is 11.7 Å². The van der Waals surface area contributed by atoms with Gasteiger partial charge in [-0.25, -0.2) is 4.39 Å². The van der Waals surface area contributed by atoms with Gasteiger partial charge in [0.25, 0.3) is 5.91 Å². The number of piperidine rings is 1. The predicted molar refractivity (Wildman–Crippen MR) is 64.8 cm³/mol. The summed E-state index contributed by atoms with van der Waals surface area (Å²) in [5.41, 5.74) is 0.0231. The van der Waals surface area contributed by atoms with E-state index in [9.17, 15) is 14.0 Å². The van der Waals surface area contributed by atoms with E-state index in [1.807, 2.05) is 0 Å². The fraction of sp³-hybridized carbons (Fsp3) is 0.462. The summed E-state index contributed by atoms with van der Waals surface area (Å²) < 4.78 is 13.6. The molecule has 2 amide bonds. The molecule has 0 unspecified atom stereocenters. The van der Waals surface area contributed by atoms with Gasteiger partial charge in [-0.15, -0.1) is 0 Å². The molecule has 0 saturated carbocycles. The van der Waals surface area contributed by atoms with Crippen LogP contribution < -0.4 is 5.32 Å². The van der Waals surface area contributed by atoms with E-state index in [4.69, 9.17) is 0 Å². The molecule has 2 fully saturated rings. The third-order valence-electron chi connectivity index (χ3n) is 3.86. The van der Waals surface area contributed by atoms with E-state index in [0.717, 1.165) is 19.0 Å². The summed E-state index contributed by atoms with van der Waals surface area (Å²) in [6.45, 7) is 1.03. The molecule has 0 aliphatic carbocycles. The summed E-state index contributed by atoms with van der Waals surface area (Å²) in [6.07, 6.45) is 3.99. The second-order valence-corrected chi connectivity index (χ2v) is 4.92. The van der Waals surface area contributed by atoms with Gasteiger partial charge in [-0.1, -0.05) is 0 Å². The van der Waals surface area contributed by atoms with E-state index in [1.54, 1.807) is 4.90 Å². The van der Waals surface area contributed by atoms with Crippen LogP contribution >= 0.6 is 0 Å². The molecule has 2 atom stereocenters. The van der Waals surface area contributed by atoms with Gasteiger partial charge in [0.2, 0.25) is 5.91 Å². The number of halogens is 1. The number of carbonyl (C=O) groups is 2. The monoisotopic (exact) mass is 263 g/mol. The van der Waals surface area contributed by atoms with E-state index in [0.29, 0.717) is 13.1 Å². The van der Waals surface area contributed by atoms with Gasteiger partial charge in [-0.2, -0.15) is 0 Å². The molecular formula is C13H14FN3O2. The van der Waals surface area contributed by atoms with E-state index in [-0.39, 0.29) is 29.3 Å². The highest BCUT2D eigenvalue weighted by atomic mass is 19.1. The van der Waals surface area contributed by atoms with Gasteiger partial charge in [0.1, 0.15) is 0 Å². The average Bonchev–Trinajstić information content (AvgIpc) is 2.80. The van der Waals surface area contributed by atoms with Crippen molar-refractivity contribution in [3.63, 3.8) is 0 Å². The Hall–Kier alpha value is -1.98. The molecule has 0 spiro atoms. The molecule has 0 bridgehead atoms. The number of fused-ring (bicyclic) bond motifs is 1. The minimum absolute atomic E-state index is 0.00213. The van der Waals surface area contributed by atoms with Crippen LogP contribution in [-0.4, -0.2) is 40.8 Å². The Labute approximate surface area is 109 Å². The SMILES string of the molecule is O=C1NC[C@@H]2[C@H]1CCCN2C(=O)c1ccncc1F. The van der Waals surface area contributed by atoms with Crippen molar-refractivity contribution in [1.29, 1.82) is 0 Å². The number of nitrogens with one attached hydrogen (secondary N) is 1. The molecule has 2 aliphatic rings. The van der Waals surface area contributed by atoms with Gasteiger partial charge < -0.3 is 10.2 Å². The summed E-state index contributed by atoms with van der Waals surface area (Å²) >= 11 is 0. The average molecular weight is 263 g/mol. The third-order valence-corrected chi connectivity index (χ3v) is 3.86. The van der Waals surface area contributed by atoms with Gasteiger partial charge >= 0.3 is 0 Å². The molecule has 100 valence electrons. The summed E-state index contributed by atoms with van der Waals surface area (Å²) in [6, 6.07) is 1.23. The molecule has 2 saturated heterocycles. The van der Waals surface area contributed by atoms with Crippen molar-refractivity contribution in [3.8, 4) is 0 Å². The predicted octanol–water partition coefficient (Wildman–Crippen LogP) is 0.571. The smallest absolute Gasteiger partial charge is 0.257 e. The van der Waals surface area contributed by atoms with Crippen molar-refractivity contribution in [1.82, 2.24) is 15.2 Å². The van der Waals surface area contributed by atoms with Crippen molar-refractivity contribution in [3.05, 3.63) is 29.8 Å². The highest BCUT2D eigenvalue weighted by Gasteiger charge is 2.43. The number of aromatic nitrogens is 1. The zero-order chi connectivity index (χ0) is 13.4. The number of rotatable bonds is 1. The molecule has 5 nitrogen and oxygen atoms in total. The lowest BCUT2D eigenvalue weighted by Crippen LogP contribution is -2.48. The third kappa shape index (κ3) is 1.97. The Morgan fingerprint density at radius 1 is 1.53 bits per heavy atom. The lowest BCUT2D eigenvalue weighted by atomic mass is 9.91. The number of likely N-dealkylation sites (tertiary alicyclic amines) is 1. The molecule has 1 aromatic heterocycles. The molecular weight excluding hydrogens is 249 g/mol. The van der Waals surface area contributed by atoms with Crippen molar-refractivity contribution in [2.24, 2.45) is 5.92 Å². The highest BCUT2D eigenvalue weighted by Crippen LogP contribution is 2.28. The van der Waals surface area contributed by atoms with Gasteiger partial charge in [-0.3, -0.25) is 14.6 Å². The first-order valence-corrected chi connectivity index (χ1v) is 6.36. The standard InChI is InChI=1S/C13H14FN3O2/c14-10-6-15-4-3-8(10)13(19)17-5-1-2-9-11(17)7-16-12(9)18/h3-4,6,9,11H,1-2,5,7H2,(H,16,18)/t9-,11-/m1/s1. The van der Waals surface area contributed by atoms with Crippen LogP contribution in [0.15, 0.2) is 18.5 Å². The Morgan fingerprint density at radius 2 is 2.37 bits per heavy atom. The lowest BCUT2D eigenvalue weighted by molar-refractivity contribution is -0.123. The molecule has 2 aliphatic heterocycles. The fourth-order valence-corrected chi connectivity index (χ4v) is 2.91. The van der Waals surface area contributed by atoms with Crippen molar-refractivity contribution < 1.29 is 14.0 Å². The normalized spacial score (nSPS) is 25.9. The van der Waals surface area contributed by atoms with Crippen LogP contribution in [0.5, 0.6) is 0 Å². The van der Waals surface area contributed by atoms with Crippen LogP contribution in [0.25, 0.3) is 0 Å². The first kappa shape index (κ1) is 12.1. The number of hydrogen-bond donors (Lipinski definition) is 1. The molecule has 19 heavy (non-hydrogen) atoms. The molecule has 3 heterocycles. The Balaban J connectivity index is 1.87. The van der Waals surface area contributed by atoms with Gasteiger partial charge in [0, 0.05) is 19.3 Å². The van der Waals surface area contributed by atoms with Crippen LogP contribution in [-0.2, 0) is 4.79 Å². The molecule has 6 heteroatoms. The van der Waals surface area contributed by atoms with Gasteiger partial charge in [0.05, 0.1) is 23.7 Å². The van der Waals surface area contributed by atoms with E-state index < -0.39 is 5.82 Å². The van der Waals surface area contributed by atoms with E-state index in [1.165, 1.54) is 12.3 Å². The molecule has 1 N–H and O–H groups in total. The largest absolute Gasteiger partial charge is 0.354 e. The maximum Gasteiger partial charge on any atom is 0.257 e. The van der Waals surface area contributed by atoms with E-state index >= 15 is 0 Å². The lowest BCUT2D eigenvalue weighted by Gasteiger charge is -2.35. The van der Waals surface area contributed by atoms with Crippen molar-refractivity contribution in [2.75, 3.05) is 13.1 Å². The first-order valence-electron chi connectivity index (χ1n) is 6.36. The minimum Gasteiger partial charge on any atom is -0.354 e. The summed E-state index contributed by atoms with van der Waals surface area (Å²) in [5.74, 6) is -1.13.